The first-order valence-electron chi connectivity index (χ1n) is 7.74. The highest BCUT2D eigenvalue weighted by atomic mass is 16.5. The summed E-state index contributed by atoms with van der Waals surface area (Å²) in [5, 5.41) is 0. The van der Waals surface area contributed by atoms with Gasteiger partial charge in [0.1, 0.15) is 0 Å². The van der Waals surface area contributed by atoms with E-state index in [0.29, 0.717) is 6.54 Å². The zero-order valence-corrected chi connectivity index (χ0v) is 13.3. The van der Waals surface area contributed by atoms with Gasteiger partial charge < -0.3 is 15.4 Å². The smallest absolute Gasteiger partial charge is 0.361 e. The minimum atomic E-state index is -0.940. The molecule has 0 fully saturated rings. The molecule has 24 heavy (non-hydrogen) atoms. The van der Waals surface area contributed by atoms with Crippen molar-refractivity contribution in [2.75, 3.05) is 17.2 Å². The average Bonchev–Trinajstić information content (AvgIpc) is 2.60. The van der Waals surface area contributed by atoms with Crippen LogP contribution < -0.4 is 10.6 Å². The number of hydrogen-bond donors (Lipinski definition) is 1. The van der Waals surface area contributed by atoms with Crippen LogP contribution in [-0.2, 0) is 16.0 Å². The summed E-state index contributed by atoms with van der Waals surface area (Å²) in [6, 6.07) is 7.75. The molecule has 0 saturated carbocycles. The number of fused-ring (bicyclic) bond motifs is 1. The second-order valence-electron chi connectivity index (χ2n) is 5.56. The fraction of sp³-hybridized carbons (Fsp3) is 0.294. The number of ether oxygens (including phenoxy) is 1. The number of hydrogen-bond acceptors (Lipinski definition) is 6. The zero-order valence-electron chi connectivity index (χ0n) is 13.3. The lowest BCUT2D eigenvalue weighted by molar-refractivity contribution is -0.126. The summed E-state index contributed by atoms with van der Waals surface area (Å²) in [6.07, 6.45) is 3.60. The van der Waals surface area contributed by atoms with Crippen molar-refractivity contribution < 1.29 is 14.3 Å². The highest BCUT2D eigenvalue weighted by Gasteiger charge is 2.29. The molecule has 7 nitrogen and oxygen atoms in total. The lowest BCUT2D eigenvalue weighted by Gasteiger charge is -2.31. The van der Waals surface area contributed by atoms with Gasteiger partial charge in [-0.15, -0.1) is 0 Å². The Labute approximate surface area is 139 Å². The number of nitrogen functional groups attached to an aromatic ring is 1. The molecule has 1 atom stereocenters. The third-order valence-electron chi connectivity index (χ3n) is 3.93. The number of para-hydroxylation sites is 1. The van der Waals surface area contributed by atoms with Crippen LogP contribution in [0.15, 0.2) is 36.7 Å². The van der Waals surface area contributed by atoms with Crippen molar-refractivity contribution >= 4 is 23.4 Å². The number of benzene rings is 1. The van der Waals surface area contributed by atoms with E-state index in [-0.39, 0.29) is 17.4 Å². The van der Waals surface area contributed by atoms with Gasteiger partial charge in [0, 0.05) is 24.6 Å². The van der Waals surface area contributed by atoms with Crippen LogP contribution in [0.1, 0.15) is 29.4 Å². The molecule has 0 aliphatic carbocycles. The molecule has 0 unspecified atom stereocenters. The van der Waals surface area contributed by atoms with E-state index in [1.807, 2.05) is 24.3 Å². The van der Waals surface area contributed by atoms with E-state index >= 15 is 0 Å². The molecule has 2 N–H and O–H groups in total. The molecular weight excluding hydrogens is 308 g/mol. The quantitative estimate of drug-likeness (QED) is 0.860. The van der Waals surface area contributed by atoms with Crippen LogP contribution in [-0.4, -0.2) is 34.5 Å². The van der Waals surface area contributed by atoms with Crippen LogP contribution in [0.4, 0.5) is 11.5 Å². The van der Waals surface area contributed by atoms with Gasteiger partial charge in [0.15, 0.2) is 17.6 Å². The van der Waals surface area contributed by atoms with Crippen LogP contribution in [0, 0.1) is 0 Å². The predicted molar refractivity (Wildman–Crippen MR) is 88.4 cm³/mol. The highest BCUT2D eigenvalue weighted by Crippen LogP contribution is 2.27. The number of rotatable bonds is 3. The number of aromatic nitrogens is 2. The van der Waals surface area contributed by atoms with Gasteiger partial charge in [-0.2, -0.15) is 0 Å². The fourth-order valence-corrected chi connectivity index (χ4v) is 2.75. The van der Waals surface area contributed by atoms with Gasteiger partial charge >= 0.3 is 5.97 Å². The maximum Gasteiger partial charge on any atom is 0.361 e. The fourth-order valence-electron chi connectivity index (χ4n) is 2.75. The molecule has 0 spiro atoms. The maximum atomic E-state index is 12.7. The summed E-state index contributed by atoms with van der Waals surface area (Å²) in [5.41, 5.74) is 7.51. The Morgan fingerprint density at radius 2 is 2.00 bits per heavy atom. The van der Waals surface area contributed by atoms with Gasteiger partial charge in [0.2, 0.25) is 0 Å². The van der Waals surface area contributed by atoms with Crippen molar-refractivity contribution in [3.05, 3.63) is 47.9 Å². The SMILES string of the molecule is C[C@@H](OC(=O)c1nccnc1N)C(=O)N1CCCc2ccccc21. The van der Waals surface area contributed by atoms with E-state index < -0.39 is 12.1 Å². The molecule has 1 amide bonds. The molecule has 0 saturated heterocycles. The van der Waals surface area contributed by atoms with Crippen molar-refractivity contribution in [2.24, 2.45) is 0 Å². The van der Waals surface area contributed by atoms with Crippen LogP contribution in [0.2, 0.25) is 0 Å². The zero-order chi connectivity index (χ0) is 17.1. The normalized spacial score (nSPS) is 14.6. The van der Waals surface area contributed by atoms with Gasteiger partial charge in [-0.05, 0) is 31.4 Å². The first-order chi connectivity index (χ1) is 11.6. The second kappa shape index (κ2) is 6.66. The predicted octanol–water partition coefficient (Wildman–Crippen LogP) is 1.58. The van der Waals surface area contributed by atoms with Gasteiger partial charge in [0.25, 0.3) is 5.91 Å². The van der Waals surface area contributed by atoms with E-state index in [4.69, 9.17) is 10.5 Å². The third-order valence-corrected chi connectivity index (χ3v) is 3.93. The number of aryl methyl sites for hydroxylation is 1. The van der Waals surface area contributed by atoms with Gasteiger partial charge in [-0.25, -0.2) is 14.8 Å². The second-order valence-corrected chi connectivity index (χ2v) is 5.56. The van der Waals surface area contributed by atoms with E-state index in [1.165, 1.54) is 12.4 Å². The Kier molecular flexibility index (Phi) is 4.41. The van der Waals surface area contributed by atoms with Crippen molar-refractivity contribution in [3.8, 4) is 0 Å². The molecule has 124 valence electrons. The maximum absolute atomic E-state index is 12.7. The minimum absolute atomic E-state index is 0.0227. The Hall–Kier alpha value is -2.96. The van der Waals surface area contributed by atoms with Gasteiger partial charge in [-0.3, -0.25) is 4.79 Å². The molecule has 1 aromatic carbocycles. The number of amides is 1. The van der Waals surface area contributed by atoms with Gasteiger partial charge in [-0.1, -0.05) is 18.2 Å². The van der Waals surface area contributed by atoms with Crippen molar-refractivity contribution in [3.63, 3.8) is 0 Å². The standard InChI is InChI=1S/C17H18N4O3/c1-11(24-17(23)14-15(18)20-9-8-19-14)16(22)21-10-4-6-12-5-2-3-7-13(12)21/h2-3,5,7-9,11H,4,6,10H2,1H3,(H2,18,20)/t11-/m1/s1. The average molecular weight is 326 g/mol. The number of anilines is 2. The molecular formula is C17H18N4O3. The summed E-state index contributed by atoms with van der Waals surface area (Å²) < 4.78 is 5.23. The summed E-state index contributed by atoms with van der Waals surface area (Å²) in [6.45, 7) is 2.15. The van der Waals surface area contributed by atoms with Crippen LogP contribution in [0.5, 0.6) is 0 Å². The number of nitrogens with zero attached hydrogens (tertiary/aromatic N) is 3. The summed E-state index contributed by atoms with van der Waals surface area (Å²) in [4.78, 5) is 34.1. The molecule has 7 heteroatoms. The first kappa shape index (κ1) is 15.9. The number of carbonyl (C=O) groups excluding carboxylic acids is 2. The number of esters is 1. The lowest BCUT2D eigenvalue weighted by atomic mass is 10.0. The monoisotopic (exact) mass is 326 g/mol. The topological polar surface area (TPSA) is 98.4 Å². The Balaban J connectivity index is 1.74. The molecule has 1 aromatic heterocycles. The number of carbonyl (C=O) groups is 2. The first-order valence-corrected chi connectivity index (χ1v) is 7.74. The van der Waals surface area contributed by atoms with Crippen LogP contribution >= 0.6 is 0 Å². The summed E-state index contributed by atoms with van der Waals surface area (Å²) in [7, 11) is 0. The minimum Gasteiger partial charge on any atom is -0.448 e. The van der Waals surface area contributed by atoms with Crippen molar-refractivity contribution in [1.82, 2.24) is 9.97 Å². The largest absolute Gasteiger partial charge is 0.448 e. The molecule has 2 heterocycles. The number of nitrogens with two attached hydrogens (primary N) is 1. The molecule has 1 aliphatic heterocycles. The molecule has 2 aromatic rings. The van der Waals surface area contributed by atoms with Crippen LogP contribution in [0.25, 0.3) is 0 Å². The van der Waals surface area contributed by atoms with E-state index in [1.54, 1.807) is 11.8 Å². The van der Waals surface area contributed by atoms with Crippen LogP contribution in [0.3, 0.4) is 0 Å². The van der Waals surface area contributed by atoms with E-state index in [9.17, 15) is 9.59 Å². The summed E-state index contributed by atoms with van der Waals surface area (Å²) >= 11 is 0. The van der Waals surface area contributed by atoms with Crippen molar-refractivity contribution in [1.29, 1.82) is 0 Å². The molecule has 0 bridgehead atoms. The Bertz CT molecular complexity index is 778. The Morgan fingerprint density at radius 1 is 1.25 bits per heavy atom. The van der Waals surface area contributed by atoms with E-state index in [2.05, 4.69) is 9.97 Å². The highest BCUT2D eigenvalue weighted by molar-refractivity contribution is 6.00. The molecule has 0 radical (unpaired) electrons. The van der Waals surface area contributed by atoms with E-state index in [0.717, 1.165) is 24.1 Å². The Morgan fingerprint density at radius 3 is 2.79 bits per heavy atom. The molecule has 1 aliphatic rings. The van der Waals surface area contributed by atoms with Crippen molar-refractivity contribution in [2.45, 2.75) is 25.9 Å². The lowest BCUT2D eigenvalue weighted by Crippen LogP contribution is -2.42. The summed E-state index contributed by atoms with van der Waals surface area (Å²) in [5.74, 6) is -1.05. The third kappa shape index (κ3) is 3.05. The molecule has 3 rings (SSSR count). The van der Waals surface area contributed by atoms with Gasteiger partial charge in [0.05, 0.1) is 0 Å².